The quantitative estimate of drug-likeness (QED) is 0.823. The first kappa shape index (κ1) is 17.0. The largest absolute Gasteiger partial charge is 0.378 e. The summed E-state index contributed by atoms with van der Waals surface area (Å²) in [7, 11) is 0. The molecule has 1 atom stereocenters. The normalized spacial score (nSPS) is 20.8. The summed E-state index contributed by atoms with van der Waals surface area (Å²) in [6.07, 6.45) is 3.71. The van der Waals surface area contributed by atoms with Gasteiger partial charge in [-0.1, -0.05) is 6.92 Å². The van der Waals surface area contributed by atoms with Crippen molar-refractivity contribution in [3.63, 3.8) is 0 Å². The van der Waals surface area contributed by atoms with Crippen LogP contribution in [0.3, 0.4) is 0 Å². The van der Waals surface area contributed by atoms with Gasteiger partial charge >= 0.3 is 0 Å². The molecule has 0 N–H and O–H groups in total. The van der Waals surface area contributed by atoms with Crippen LogP contribution in [0.25, 0.3) is 0 Å². The lowest BCUT2D eigenvalue weighted by atomic mass is 10.2. The highest BCUT2D eigenvalue weighted by Gasteiger charge is 2.29. The molecule has 1 aromatic heterocycles. The van der Waals surface area contributed by atoms with Crippen molar-refractivity contribution in [3.8, 4) is 0 Å². The van der Waals surface area contributed by atoms with Crippen molar-refractivity contribution < 1.29 is 14.3 Å². The second-order valence-corrected chi connectivity index (χ2v) is 6.47. The molecule has 0 radical (unpaired) electrons. The van der Waals surface area contributed by atoms with Crippen molar-refractivity contribution in [2.45, 2.75) is 45.7 Å². The molecule has 3 rings (SSSR count). The molecule has 1 saturated heterocycles. The zero-order valence-electron chi connectivity index (χ0n) is 14.5. The molecule has 0 spiro atoms. The van der Waals surface area contributed by atoms with E-state index in [2.05, 4.69) is 9.55 Å². The molecule has 24 heavy (non-hydrogen) atoms. The zero-order chi connectivity index (χ0) is 17.1. The summed E-state index contributed by atoms with van der Waals surface area (Å²) in [5.41, 5.74) is 0.790. The summed E-state index contributed by atoms with van der Waals surface area (Å²) in [6, 6.07) is -0.0370. The van der Waals surface area contributed by atoms with E-state index in [1.54, 1.807) is 0 Å². The summed E-state index contributed by atoms with van der Waals surface area (Å²) in [5, 5.41) is 0. The van der Waals surface area contributed by atoms with Crippen molar-refractivity contribution in [1.82, 2.24) is 19.4 Å². The van der Waals surface area contributed by atoms with E-state index in [-0.39, 0.29) is 17.9 Å². The minimum atomic E-state index is -0.0370. The highest BCUT2D eigenvalue weighted by molar-refractivity contribution is 5.78. The van der Waals surface area contributed by atoms with Crippen LogP contribution in [-0.2, 0) is 27.3 Å². The van der Waals surface area contributed by atoms with Crippen LogP contribution >= 0.6 is 0 Å². The third-order valence-corrected chi connectivity index (χ3v) is 4.76. The topological polar surface area (TPSA) is 67.7 Å². The summed E-state index contributed by atoms with van der Waals surface area (Å²) in [4.78, 5) is 33.0. The van der Waals surface area contributed by atoms with Crippen molar-refractivity contribution in [2.24, 2.45) is 0 Å². The van der Waals surface area contributed by atoms with E-state index in [4.69, 9.17) is 4.74 Å². The molecule has 2 aliphatic heterocycles. The molecule has 2 amide bonds. The van der Waals surface area contributed by atoms with Gasteiger partial charge in [0.25, 0.3) is 0 Å². The van der Waals surface area contributed by atoms with E-state index in [0.29, 0.717) is 45.7 Å². The van der Waals surface area contributed by atoms with Gasteiger partial charge in [-0.2, -0.15) is 0 Å². The molecule has 0 bridgehead atoms. The van der Waals surface area contributed by atoms with E-state index < -0.39 is 0 Å². The molecular formula is C17H26N4O3. The molecule has 0 saturated carbocycles. The lowest BCUT2D eigenvalue weighted by molar-refractivity contribution is -0.135. The Bertz CT molecular complexity index is 607. The van der Waals surface area contributed by atoms with Crippen LogP contribution in [0.15, 0.2) is 6.20 Å². The number of rotatable bonds is 4. The number of hydrogen-bond acceptors (Lipinski definition) is 4. The maximum absolute atomic E-state index is 12.4. The summed E-state index contributed by atoms with van der Waals surface area (Å²) >= 11 is 0. The Morgan fingerprint density at radius 2 is 1.96 bits per heavy atom. The number of carbonyl (C=O) groups is 2. The Morgan fingerprint density at radius 1 is 1.21 bits per heavy atom. The number of nitrogens with zero attached hydrogens (tertiary/aromatic N) is 4. The molecule has 2 aliphatic rings. The Labute approximate surface area is 142 Å². The van der Waals surface area contributed by atoms with Crippen molar-refractivity contribution in [3.05, 3.63) is 17.7 Å². The number of hydrogen-bond donors (Lipinski definition) is 0. The van der Waals surface area contributed by atoms with Crippen LogP contribution in [0.5, 0.6) is 0 Å². The van der Waals surface area contributed by atoms with Gasteiger partial charge < -0.3 is 19.1 Å². The zero-order valence-corrected chi connectivity index (χ0v) is 14.5. The average Bonchev–Trinajstić information content (AvgIpc) is 2.99. The second kappa shape index (κ2) is 7.34. The number of fused-ring (bicyclic) bond motifs is 1. The van der Waals surface area contributed by atoms with Crippen molar-refractivity contribution >= 4 is 11.8 Å². The van der Waals surface area contributed by atoms with Gasteiger partial charge in [0.05, 0.1) is 31.4 Å². The number of ether oxygens (including phenoxy) is 1. The fourth-order valence-corrected chi connectivity index (χ4v) is 3.41. The van der Waals surface area contributed by atoms with Gasteiger partial charge in [0, 0.05) is 38.8 Å². The molecule has 132 valence electrons. The third-order valence-electron chi connectivity index (χ3n) is 4.76. The molecule has 0 aromatic carbocycles. The minimum absolute atomic E-state index is 0.0370. The van der Waals surface area contributed by atoms with E-state index in [9.17, 15) is 9.59 Å². The number of amides is 2. The van der Waals surface area contributed by atoms with Crippen LogP contribution < -0.4 is 0 Å². The Morgan fingerprint density at radius 3 is 2.67 bits per heavy atom. The maximum Gasteiger partial charge on any atom is 0.228 e. The van der Waals surface area contributed by atoms with Gasteiger partial charge in [-0.05, 0) is 13.3 Å². The fourth-order valence-electron chi connectivity index (χ4n) is 3.41. The summed E-state index contributed by atoms with van der Waals surface area (Å²) < 4.78 is 7.37. The van der Waals surface area contributed by atoms with Gasteiger partial charge in [0.2, 0.25) is 11.8 Å². The lowest BCUT2D eigenvalue weighted by Crippen LogP contribution is -2.41. The second-order valence-electron chi connectivity index (χ2n) is 6.47. The Kier molecular flexibility index (Phi) is 5.18. The van der Waals surface area contributed by atoms with Crippen LogP contribution in [0.4, 0.5) is 0 Å². The van der Waals surface area contributed by atoms with Gasteiger partial charge in [0.1, 0.15) is 5.82 Å². The van der Waals surface area contributed by atoms with E-state index in [0.717, 1.165) is 24.5 Å². The highest BCUT2D eigenvalue weighted by Crippen LogP contribution is 2.25. The monoisotopic (exact) mass is 334 g/mol. The lowest BCUT2D eigenvalue weighted by Gasteiger charge is -2.33. The smallest absolute Gasteiger partial charge is 0.228 e. The van der Waals surface area contributed by atoms with Gasteiger partial charge in [-0.3, -0.25) is 9.59 Å². The predicted molar refractivity (Wildman–Crippen MR) is 88.4 cm³/mol. The molecule has 0 unspecified atom stereocenters. The van der Waals surface area contributed by atoms with Crippen LogP contribution in [0.1, 0.15) is 44.2 Å². The fraction of sp³-hybridized carbons (Fsp3) is 0.706. The SMILES string of the molecule is CCCC(=O)N1CCn2cc(CC(=O)N3CCOCC3)nc2[C@@H]1C. The number of morpholine rings is 1. The summed E-state index contributed by atoms with van der Waals surface area (Å²) in [6.45, 7) is 8.01. The molecule has 7 nitrogen and oxygen atoms in total. The van der Waals surface area contributed by atoms with Gasteiger partial charge in [-0.25, -0.2) is 4.98 Å². The Hall–Kier alpha value is -1.89. The maximum atomic E-state index is 12.4. The average molecular weight is 334 g/mol. The minimum Gasteiger partial charge on any atom is -0.378 e. The first-order chi connectivity index (χ1) is 11.6. The van der Waals surface area contributed by atoms with Gasteiger partial charge in [-0.15, -0.1) is 0 Å². The number of imidazole rings is 1. The highest BCUT2D eigenvalue weighted by atomic mass is 16.5. The standard InChI is InChI=1S/C17H26N4O3/c1-3-4-15(22)21-6-5-20-12-14(18-17(20)13(21)2)11-16(23)19-7-9-24-10-8-19/h12-13H,3-11H2,1-2H3/t13-/m0/s1. The first-order valence-corrected chi connectivity index (χ1v) is 8.81. The first-order valence-electron chi connectivity index (χ1n) is 8.81. The Balaban J connectivity index is 1.68. The molecule has 1 fully saturated rings. The van der Waals surface area contributed by atoms with E-state index >= 15 is 0 Å². The van der Waals surface area contributed by atoms with Gasteiger partial charge in [0.15, 0.2) is 0 Å². The molecule has 3 heterocycles. The molecular weight excluding hydrogens is 308 g/mol. The number of aromatic nitrogens is 2. The van der Waals surface area contributed by atoms with Crippen LogP contribution in [-0.4, -0.2) is 64.0 Å². The van der Waals surface area contributed by atoms with Crippen LogP contribution in [0, 0.1) is 0 Å². The third kappa shape index (κ3) is 3.45. The van der Waals surface area contributed by atoms with Crippen molar-refractivity contribution in [2.75, 3.05) is 32.8 Å². The molecule has 1 aromatic rings. The predicted octanol–water partition coefficient (Wildman–Crippen LogP) is 0.988. The summed E-state index contributed by atoms with van der Waals surface area (Å²) in [5.74, 6) is 1.17. The van der Waals surface area contributed by atoms with E-state index in [1.165, 1.54) is 0 Å². The van der Waals surface area contributed by atoms with Crippen molar-refractivity contribution in [1.29, 1.82) is 0 Å². The molecule has 7 heteroatoms. The van der Waals surface area contributed by atoms with E-state index in [1.807, 2.05) is 29.8 Å². The number of carbonyl (C=O) groups excluding carboxylic acids is 2. The van der Waals surface area contributed by atoms with Crippen LogP contribution in [0.2, 0.25) is 0 Å². The molecule has 0 aliphatic carbocycles.